The van der Waals surface area contributed by atoms with Crippen LogP contribution in [-0.4, -0.2) is 11.2 Å². The minimum absolute atomic E-state index is 0.0122. The number of aliphatic hydroxyl groups is 1. The Morgan fingerprint density at radius 2 is 1.90 bits per heavy atom. The van der Waals surface area contributed by atoms with E-state index in [-0.39, 0.29) is 12.1 Å². The van der Waals surface area contributed by atoms with E-state index in [4.69, 9.17) is 5.26 Å². The second-order valence-corrected chi connectivity index (χ2v) is 5.14. The van der Waals surface area contributed by atoms with Crippen molar-refractivity contribution < 1.29 is 5.11 Å². The number of aliphatic hydroxyl groups excluding tert-OH is 1. The molecule has 0 saturated carbocycles. The van der Waals surface area contributed by atoms with Gasteiger partial charge in [0.25, 0.3) is 0 Å². The SMILES string of the molecule is N#Cc1ccc(CN[C@H]2c3ccccc3C[C@H]2O)cc1. The molecule has 3 heteroatoms. The van der Waals surface area contributed by atoms with Crippen LogP contribution in [0.1, 0.15) is 28.3 Å². The van der Waals surface area contributed by atoms with Crippen molar-refractivity contribution in [2.75, 3.05) is 0 Å². The van der Waals surface area contributed by atoms with Crippen LogP contribution >= 0.6 is 0 Å². The van der Waals surface area contributed by atoms with Gasteiger partial charge < -0.3 is 10.4 Å². The highest BCUT2D eigenvalue weighted by molar-refractivity contribution is 5.37. The van der Waals surface area contributed by atoms with Crippen LogP contribution in [0.3, 0.4) is 0 Å². The molecular weight excluding hydrogens is 248 g/mol. The zero-order valence-corrected chi connectivity index (χ0v) is 11.1. The van der Waals surface area contributed by atoms with Gasteiger partial charge in [-0.3, -0.25) is 0 Å². The summed E-state index contributed by atoms with van der Waals surface area (Å²) in [5, 5.41) is 22.3. The predicted molar refractivity (Wildman–Crippen MR) is 76.9 cm³/mol. The molecule has 0 radical (unpaired) electrons. The van der Waals surface area contributed by atoms with Crippen molar-refractivity contribution in [1.29, 1.82) is 5.26 Å². The Balaban J connectivity index is 1.70. The first-order chi connectivity index (χ1) is 9.78. The molecule has 0 aromatic heterocycles. The number of hydrogen-bond acceptors (Lipinski definition) is 3. The first-order valence-corrected chi connectivity index (χ1v) is 6.76. The fourth-order valence-electron chi connectivity index (χ4n) is 2.74. The van der Waals surface area contributed by atoms with Crippen molar-refractivity contribution in [2.24, 2.45) is 0 Å². The maximum absolute atomic E-state index is 10.2. The van der Waals surface area contributed by atoms with Gasteiger partial charge in [-0.2, -0.15) is 5.26 Å². The molecule has 100 valence electrons. The van der Waals surface area contributed by atoms with Crippen molar-refractivity contribution in [3.8, 4) is 6.07 Å². The van der Waals surface area contributed by atoms with E-state index in [1.54, 1.807) is 0 Å². The molecule has 0 unspecified atom stereocenters. The summed E-state index contributed by atoms with van der Waals surface area (Å²) in [4.78, 5) is 0. The first kappa shape index (κ1) is 12.9. The van der Waals surface area contributed by atoms with E-state index in [1.807, 2.05) is 36.4 Å². The highest BCUT2D eigenvalue weighted by atomic mass is 16.3. The van der Waals surface area contributed by atoms with Crippen LogP contribution < -0.4 is 5.32 Å². The maximum Gasteiger partial charge on any atom is 0.0991 e. The van der Waals surface area contributed by atoms with Crippen LogP contribution in [0.15, 0.2) is 48.5 Å². The number of nitrogens with zero attached hydrogens (tertiary/aromatic N) is 1. The van der Waals surface area contributed by atoms with Gasteiger partial charge in [-0.1, -0.05) is 36.4 Å². The van der Waals surface area contributed by atoms with E-state index in [9.17, 15) is 5.11 Å². The largest absolute Gasteiger partial charge is 0.391 e. The number of nitriles is 1. The molecule has 0 fully saturated rings. The summed E-state index contributed by atoms with van der Waals surface area (Å²) in [7, 11) is 0. The Morgan fingerprint density at radius 3 is 2.65 bits per heavy atom. The summed E-state index contributed by atoms with van der Waals surface area (Å²) in [6.07, 6.45) is 0.340. The lowest BCUT2D eigenvalue weighted by Gasteiger charge is -2.18. The monoisotopic (exact) mass is 264 g/mol. The number of nitrogens with one attached hydrogen (secondary N) is 1. The van der Waals surface area contributed by atoms with E-state index >= 15 is 0 Å². The topological polar surface area (TPSA) is 56.0 Å². The fraction of sp³-hybridized carbons (Fsp3) is 0.235. The van der Waals surface area contributed by atoms with E-state index in [0.717, 1.165) is 5.56 Å². The molecule has 0 saturated heterocycles. The van der Waals surface area contributed by atoms with Crippen molar-refractivity contribution in [3.05, 3.63) is 70.8 Å². The van der Waals surface area contributed by atoms with Crippen LogP contribution in [-0.2, 0) is 13.0 Å². The minimum Gasteiger partial charge on any atom is -0.391 e. The van der Waals surface area contributed by atoms with Crippen LogP contribution in [0.25, 0.3) is 0 Å². The molecule has 1 aliphatic rings. The van der Waals surface area contributed by atoms with Crippen molar-refractivity contribution >= 4 is 0 Å². The fourth-order valence-corrected chi connectivity index (χ4v) is 2.74. The summed E-state index contributed by atoms with van der Waals surface area (Å²) >= 11 is 0. The molecule has 2 aromatic carbocycles. The van der Waals surface area contributed by atoms with Gasteiger partial charge in [0.15, 0.2) is 0 Å². The van der Waals surface area contributed by atoms with E-state index in [2.05, 4.69) is 23.5 Å². The molecular formula is C17H16N2O. The van der Waals surface area contributed by atoms with Crippen LogP contribution in [0.5, 0.6) is 0 Å². The summed E-state index contributed by atoms with van der Waals surface area (Å²) in [5.41, 5.74) is 4.19. The smallest absolute Gasteiger partial charge is 0.0991 e. The van der Waals surface area contributed by atoms with E-state index < -0.39 is 0 Å². The average Bonchev–Trinajstić information content (AvgIpc) is 2.81. The third-order valence-electron chi connectivity index (χ3n) is 3.81. The number of rotatable bonds is 3. The molecule has 1 aliphatic carbocycles. The number of fused-ring (bicyclic) bond motifs is 1. The third kappa shape index (κ3) is 2.44. The lowest BCUT2D eigenvalue weighted by atomic mass is 10.1. The van der Waals surface area contributed by atoms with Crippen molar-refractivity contribution in [1.82, 2.24) is 5.32 Å². The van der Waals surface area contributed by atoms with Gasteiger partial charge in [-0.25, -0.2) is 0 Å². The molecule has 2 aromatic rings. The second-order valence-electron chi connectivity index (χ2n) is 5.14. The Labute approximate surface area is 118 Å². The van der Waals surface area contributed by atoms with Crippen LogP contribution in [0.4, 0.5) is 0 Å². The van der Waals surface area contributed by atoms with E-state index in [1.165, 1.54) is 11.1 Å². The summed E-state index contributed by atoms with van der Waals surface area (Å²) in [6, 6.07) is 17.8. The van der Waals surface area contributed by atoms with Gasteiger partial charge in [0.05, 0.1) is 23.8 Å². The summed E-state index contributed by atoms with van der Waals surface area (Å²) in [5.74, 6) is 0. The molecule has 0 bridgehead atoms. The van der Waals surface area contributed by atoms with Gasteiger partial charge in [0, 0.05) is 13.0 Å². The molecule has 3 nitrogen and oxygen atoms in total. The van der Waals surface area contributed by atoms with Gasteiger partial charge in [0.1, 0.15) is 0 Å². The maximum atomic E-state index is 10.2. The van der Waals surface area contributed by atoms with Crippen LogP contribution in [0.2, 0.25) is 0 Å². The molecule has 0 spiro atoms. The molecule has 0 aliphatic heterocycles. The molecule has 20 heavy (non-hydrogen) atoms. The van der Waals surface area contributed by atoms with Gasteiger partial charge in [-0.05, 0) is 28.8 Å². The van der Waals surface area contributed by atoms with Crippen LogP contribution in [0, 0.1) is 11.3 Å². The Bertz CT molecular complexity index is 643. The zero-order valence-electron chi connectivity index (χ0n) is 11.1. The number of hydrogen-bond donors (Lipinski definition) is 2. The lowest BCUT2D eigenvalue weighted by molar-refractivity contribution is 0.140. The molecule has 0 heterocycles. The first-order valence-electron chi connectivity index (χ1n) is 6.76. The minimum atomic E-state index is -0.370. The highest BCUT2D eigenvalue weighted by Gasteiger charge is 2.29. The second kappa shape index (κ2) is 5.46. The highest BCUT2D eigenvalue weighted by Crippen LogP contribution is 2.31. The Kier molecular flexibility index (Phi) is 3.51. The Morgan fingerprint density at radius 1 is 1.15 bits per heavy atom. The molecule has 3 rings (SSSR count). The molecule has 0 amide bonds. The summed E-state index contributed by atoms with van der Waals surface area (Å²) < 4.78 is 0. The standard InChI is InChI=1S/C17H16N2O/c18-10-12-5-7-13(8-6-12)11-19-17-15-4-2-1-3-14(15)9-16(17)20/h1-8,16-17,19-20H,9,11H2/t16-,17+/m1/s1. The number of benzene rings is 2. The van der Waals surface area contributed by atoms with Gasteiger partial charge in [-0.15, -0.1) is 0 Å². The third-order valence-corrected chi connectivity index (χ3v) is 3.81. The quantitative estimate of drug-likeness (QED) is 0.894. The average molecular weight is 264 g/mol. The molecule has 2 atom stereocenters. The normalized spacial score (nSPS) is 20.4. The van der Waals surface area contributed by atoms with Gasteiger partial charge in [0.2, 0.25) is 0 Å². The predicted octanol–water partition coefficient (Wildman–Crippen LogP) is 2.31. The van der Waals surface area contributed by atoms with Crippen molar-refractivity contribution in [3.63, 3.8) is 0 Å². The Hall–Kier alpha value is -2.15. The lowest BCUT2D eigenvalue weighted by Crippen LogP contribution is -2.28. The van der Waals surface area contributed by atoms with Gasteiger partial charge >= 0.3 is 0 Å². The zero-order chi connectivity index (χ0) is 13.9. The molecule has 2 N–H and O–H groups in total. The van der Waals surface area contributed by atoms with Crippen molar-refractivity contribution in [2.45, 2.75) is 25.1 Å². The van der Waals surface area contributed by atoms with E-state index in [0.29, 0.717) is 18.5 Å². The summed E-state index contributed by atoms with van der Waals surface area (Å²) in [6.45, 7) is 0.682.